The van der Waals surface area contributed by atoms with E-state index in [2.05, 4.69) is 25.3 Å². The number of nitrogens with zero attached hydrogens (tertiary/aromatic N) is 2. The smallest absolute Gasteiger partial charge is 0.405 e. The second-order valence-electron chi connectivity index (χ2n) is 6.24. The van der Waals surface area contributed by atoms with Crippen LogP contribution in [0, 0.1) is 6.92 Å². The number of hydrogen-bond donors (Lipinski definition) is 2. The lowest BCUT2D eigenvalue weighted by Crippen LogP contribution is -2.39. The maximum absolute atomic E-state index is 12.6. The van der Waals surface area contributed by atoms with Crippen LogP contribution in [-0.4, -0.2) is 29.9 Å². The Morgan fingerprint density at radius 1 is 1.36 bits per heavy atom. The van der Waals surface area contributed by atoms with Crippen LogP contribution < -0.4 is 15.4 Å². The number of guanidine groups is 1. The summed E-state index contributed by atoms with van der Waals surface area (Å²) in [6.07, 6.45) is -2.17. The molecule has 0 saturated heterocycles. The predicted octanol–water partition coefficient (Wildman–Crippen LogP) is 4.58. The Hall–Kier alpha value is -1.56. The molecule has 1 heterocycles. The number of nitrogens with one attached hydrogen (secondary N) is 2. The molecule has 1 fully saturated rings. The zero-order valence-corrected chi connectivity index (χ0v) is 18.6. The minimum atomic E-state index is -4.70. The van der Waals surface area contributed by atoms with Gasteiger partial charge >= 0.3 is 6.36 Å². The van der Waals surface area contributed by atoms with Gasteiger partial charge in [0, 0.05) is 29.6 Å². The molecule has 154 valence electrons. The highest BCUT2D eigenvalue weighted by Gasteiger charge is 2.42. The Morgan fingerprint density at radius 3 is 2.75 bits per heavy atom. The van der Waals surface area contributed by atoms with Crippen molar-refractivity contribution < 1.29 is 17.9 Å². The summed E-state index contributed by atoms with van der Waals surface area (Å²) in [5.74, 6) is 0.445. The van der Waals surface area contributed by atoms with Gasteiger partial charge in [0.25, 0.3) is 0 Å². The van der Waals surface area contributed by atoms with Gasteiger partial charge in [-0.3, -0.25) is 0 Å². The molecule has 1 aromatic heterocycles. The van der Waals surface area contributed by atoms with Crippen molar-refractivity contribution in [3.05, 3.63) is 45.9 Å². The number of aromatic nitrogens is 1. The molecule has 10 heteroatoms. The average Bonchev–Trinajstić information content (AvgIpc) is 3.22. The lowest BCUT2D eigenvalue weighted by atomic mass is 10.1. The molecule has 0 bridgehead atoms. The average molecular weight is 526 g/mol. The van der Waals surface area contributed by atoms with Crippen LogP contribution in [-0.2, 0) is 6.54 Å². The van der Waals surface area contributed by atoms with Crippen molar-refractivity contribution in [3.8, 4) is 5.75 Å². The number of alkyl halides is 3. The third-order valence-electron chi connectivity index (χ3n) is 4.04. The normalized spacial score (nSPS) is 19.0. The van der Waals surface area contributed by atoms with Crippen molar-refractivity contribution in [2.24, 2.45) is 4.99 Å². The maximum atomic E-state index is 12.6. The number of thiazole rings is 1. The Balaban J connectivity index is 0.00000280. The molecule has 0 aliphatic heterocycles. The Labute approximate surface area is 182 Å². The van der Waals surface area contributed by atoms with E-state index in [1.807, 2.05) is 20.0 Å². The SMILES string of the molecule is CCNC(=NCc1ncc(C)s1)NC1CC1c1ccccc1OC(F)(F)F.I. The zero-order valence-electron chi connectivity index (χ0n) is 15.4. The number of para-hydroxylation sites is 1. The summed E-state index contributed by atoms with van der Waals surface area (Å²) < 4.78 is 42.0. The predicted molar refractivity (Wildman–Crippen MR) is 114 cm³/mol. The lowest BCUT2D eigenvalue weighted by Gasteiger charge is -2.14. The zero-order chi connectivity index (χ0) is 19.4. The van der Waals surface area contributed by atoms with Gasteiger partial charge in [-0.05, 0) is 31.9 Å². The van der Waals surface area contributed by atoms with E-state index in [0.717, 1.165) is 16.3 Å². The second kappa shape index (κ2) is 9.77. The van der Waals surface area contributed by atoms with Gasteiger partial charge in [0.1, 0.15) is 10.8 Å². The largest absolute Gasteiger partial charge is 0.573 e. The molecule has 2 unspecified atom stereocenters. The van der Waals surface area contributed by atoms with E-state index in [0.29, 0.717) is 24.6 Å². The number of aliphatic imine (C=N–C) groups is 1. The highest BCUT2D eigenvalue weighted by molar-refractivity contribution is 14.0. The van der Waals surface area contributed by atoms with Crippen LogP contribution in [0.25, 0.3) is 0 Å². The molecule has 1 aliphatic carbocycles. The van der Waals surface area contributed by atoms with Crippen LogP contribution in [0.4, 0.5) is 13.2 Å². The Kier molecular flexibility index (Phi) is 7.93. The van der Waals surface area contributed by atoms with Crippen molar-refractivity contribution >= 4 is 41.3 Å². The summed E-state index contributed by atoms with van der Waals surface area (Å²) in [4.78, 5) is 9.93. The Morgan fingerprint density at radius 2 is 2.11 bits per heavy atom. The summed E-state index contributed by atoms with van der Waals surface area (Å²) >= 11 is 1.59. The molecular formula is C18H22F3IN4OS. The van der Waals surface area contributed by atoms with Gasteiger partial charge in [0.05, 0.1) is 6.54 Å². The molecular weight excluding hydrogens is 504 g/mol. The summed E-state index contributed by atoms with van der Waals surface area (Å²) in [6.45, 7) is 5.10. The maximum Gasteiger partial charge on any atom is 0.573 e. The van der Waals surface area contributed by atoms with Crippen molar-refractivity contribution in [1.82, 2.24) is 15.6 Å². The first-order valence-corrected chi connectivity index (χ1v) is 9.48. The van der Waals surface area contributed by atoms with E-state index >= 15 is 0 Å². The quantitative estimate of drug-likeness (QED) is 0.329. The molecule has 0 spiro atoms. The van der Waals surface area contributed by atoms with Gasteiger partial charge in [0.15, 0.2) is 5.96 Å². The number of rotatable bonds is 6. The first kappa shape index (κ1) is 22.7. The van der Waals surface area contributed by atoms with Gasteiger partial charge in [-0.2, -0.15) is 0 Å². The number of benzene rings is 1. The highest BCUT2D eigenvalue weighted by atomic mass is 127. The minimum Gasteiger partial charge on any atom is -0.405 e. The molecule has 3 rings (SSSR count). The molecule has 2 N–H and O–H groups in total. The topological polar surface area (TPSA) is 58.5 Å². The van der Waals surface area contributed by atoms with Crippen LogP contribution in [0.15, 0.2) is 35.5 Å². The van der Waals surface area contributed by atoms with Crippen LogP contribution in [0.2, 0.25) is 0 Å². The molecule has 2 aromatic rings. The first-order valence-electron chi connectivity index (χ1n) is 8.66. The molecule has 5 nitrogen and oxygen atoms in total. The van der Waals surface area contributed by atoms with Crippen LogP contribution in [0.1, 0.15) is 34.7 Å². The van der Waals surface area contributed by atoms with E-state index in [-0.39, 0.29) is 41.7 Å². The van der Waals surface area contributed by atoms with Gasteiger partial charge in [-0.25, -0.2) is 9.98 Å². The summed E-state index contributed by atoms with van der Waals surface area (Å²) in [7, 11) is 0. The lowest BCUT2D eigenvalue weighted by molar-refractivity contribution is -0.274. The van der Waals surface area contributed by atoms with Gasteiger partial charge < -0.3 is 15.4 Å². The van der Waals surface area contributed by atoms with Crippen LogP contribution >= 0.6 is 35.3 Å². The number of hydrogen-bond acceptors (Lipinski definition) is 4. The summed E-state index contributed by atoms with van der Waals surface area (Å²) in [6, 6.07) is 6.30. The molecule has 2 atom stereocenters. The summed E-state index contributed by atoms with van der Waals surface area (Å²) in [5.41, 5.74) is 0.554. The van der Waals surface area contributed by atoms with E-state index in [9.17, 15) is 13.2 Å². The van der Waals surface area contributed by atoms with Crippen LogP contribution in [0.3, 0.4) is 0 Å². The van der Waals surface area contributed by atoms with E-state index in [4.69, 9.17) is 0 Å². The highest BCUT2D eigenvalue weighted by Crippen LogP contribution is 2.45. The van der Waals surface area contributed by atoms with Crippen molar-refractivity contribution in [2.75, 3.05) is 6.54 Å². The number of halogens is 4. The number of ether oxygens (including phenoxy) is 1. The van der Waals surface area contributed by atoms with E-state index < -0.39 is 6.36 Å². The number of aryl methyl sites for hydroxylation is 1. The van der Waals surface area contributed by atoms with Gasteiger partial charge in [-0.1, -0.05) is 18.2 Å². The molecule has 1 aromatic carbocycles. The molecule has 28 heavy (non-hydrogen) atoms. The minimum absolute atomic E-state index is 0. The van der Waals surface area contributed by atoms with Gasteiger partial charge in [-0.15, -0.1) is 48.5 Å². The van der Waals surface area contributed by atoms with Crippen molar-refractivity contribution in [1.29, 1.82) is 0 Å². The van der Waals surface area contributed by atoms with E-state index in [1.54, 1.807) is 23.5 Å². The summed E-state index contributed by atoms with van der Waals surface area (Å²) in [5, 5.41) is 7.36. The third kappa shape index (κ3) is 6.50. The molecule has 1 aliphatic rings. The van der Waals surface area contributed by atoms with Crippen LogP contribution in [0.5, 0.6) is 5.75 Å². The third-order valence-corrected chi connectivity index (χ3v) is 4.94. The van der Waals surface area contributed by atoms with Gasteiger partial charge in [0.2, 0.25) is 0 Å². The molecule has 0 radical (unpaired) electrons. The van der Waals surface area contributed by atoms with E-state index in [1.165, 1.54) is 12.1 Å². The monoisotopic (exact) mass is 526 g/mol. The Bertz CT molecular complexity index is 812. The fourth-order valence-electron chi connectivity index (χ4n) is 2.82. The first-order chi connectivity index (χ1) is 12.9. The van der Waals surface area contributed by atoms with Crippen molar-refractivity contribution in [2.45, 2.75) is 45.1 Å². The molecule has 0 amide bonds. The van der Waals surface area contributed by atoms with Crippen molar-refractivity contribution in [3.63, 3.8) is 0 Å². The fraction of sp³-hybridized carbons (Fsp3) is 0.444. The fourth-order valence-corrected chi connectivity index (χ4v) is 3.53. The second-order valence-corrected chi connectivity index (χ2v) is 7.56. The molecule has 1 saturated carbocycles. The standard InChI is InChI=1S/C18H21F3N4OS.HI/c1-3-22-17(24-10-16-23-9-11(2)27-16)25-14-8-13(14)12-6-4-5-7-15(12)26-18(19,20)21;/h4-7,9,13-14H,3,8,10H2,1-2H3,(H2,22,24,25);1H.